The number of hydrogen-bond acceptors (Lipinski definition) is 2. The monoisotopic (exact) mass is 230 g/mol. The molecule has 2 nitrogen and oxygen atoms in total. The van der Waals surface area contributed by atoms with Crippen molar-refractivity contribution in [3.05, 3.63) is 28.5 Å². The standard InChI is InChI=1S/C11H12ClFO2/c1-11(2,3)10(15)6-4-7(12)9(14)8(13)5-6/h4-5,14H,1-3H3. The lowest BCUT2D eigenvalue weighted by Gasteiger charge is -2.16. The maximum atomic E-state index is 13.1. The summed E-state index contributed by atoms with van der Waals surface area (Å²) in [5.41, 5.74) is -0.435. The van der Waals surface area contributed by atoms with Crippen LogP contribution in [0, 0.1) is 11.2 Å². The van der Waals surface area contributed by atoms with Gasteiger partial charge in [-0.25, -0.2) is 4.39 Å². The first-order chi connectivity index (χ1) is 6.73. The van der Waals surface area contributed by atoms with Crippen molar-refractivity contribution >= 4 is 17.4 Å². The van der Waals surface area contributed by atoms with Crippen LogP contribution in [-0.4, -0.2) is 10.9 Å². The van der Waals surface area contributed by atoms with Crippen LogP contribution in [-0.2, 0) is 0 Å². The van der Waals surface area contributed by atoms with Gasteiger partial charge in [-0.3, -0.25) is 4.79 Å². The molecule has 0 bridgehead atoms. The molecular weight excluding hydrogens is 219 g/mol. The average Bonchev–Trinajstić information content (AvgIpc) is 2.10. The molecule has 0 radical (unpaired) electrons. The molecule has 0 aliphatic heterocycles. The van der Waals surface area contributed by atoms with Gasteiger partial charge in [-0.1, -0.05) is 32.4 Å². The molecule has 0 amide bonds. The molecule has 1 N–H and O–H groups in total. The highest BCUT2D eigenvalue weighted by molar-refractivity contribution is 6.32. The molecule has 0 fully saturated rings. The van der Waals surface area contributed by atoms with Gasteiger partial charge in [0.25, 0.3) is 0 Å². The van der Waals surface area contributed by atoms with Gasteiger partial charge in [0.2, 0.25) is 0 Å². The number of phenolic OH excluding ortho intramolecular Hbond substituents is 1. The van der Waals surface area contributed by atoms with Crippen molar-refractivity contribution in [2.24, 2.45) is 5.41 Å². The minimum atomic E-state index is -0.880. The summed E-state index contributed by atoms with van der Waals surface area (Å²) in [5.74, 6) is -1.72. The van der Waals surface area contributed by atoms with Gasteiger partial charge in [0, 0.05) is 11.0 Å². The number of Topliss-reactive ketones (excluding diaryl/α,β-unsaturated/α-hetero) is 1. The molecule has 0 aliphatic rings. The number of hydrogen-bond donors (Lipinski definition) is 1. The normalized spacial score (nSPS) is 11.5. The summed E-state index contributed by atoms with van der Waals surface area (Å²) in [6, 6.07) is 2.27. The van der Waals surface area contributed by atoms with Crippen LogP contribution in [0.1, 0.15) is 31.1 Å². The van der Waals surface area contributed by atoms with Crippen molar-refractivity contribution in [1.82, 2.24) is 0 Å². The Morgan fingerprint density at radius 3 is 2.33 bits per heavy atom. The summed E-state index contributed by atoms with van der Waals surface area (Å²) >= 11 is 5.57. The van der Waals surface area contributed by atoms with E-state index in [4.69, 9.17) is 16.7 Å². The van der Waals surface area contributed by atoms with Crippen molar-refractivity contribution in [1.29, 1.82) is 0 Å². The highest BCUT2D eigenvalue weighted by Gasteiger charge is 2.24. The molecule has 1 aromatic rings. The third kappa shape index (κ3) is 2.48. The van der Waals surface area contributed by atoms with E-state index < -0.39 is 17.0 Å². The maximum Gasteiger partial charge on any atom is 0.170 e. The Morgan fingerprint density at radius 2 is 1.93 bits per heavy atom. The van der Waals surface area contributed by atoms with Gasteiger partial charge in [0.15, 0.2) is 17.3 Å². The van der Waals surface area contributed by atoms with Crippen molar-refractivity contribution in [3.8, 4) is 5.75 Å². The second-order valence-electron chi connectivity index (χ2n) is 4.37. The summed E-state index contributed by atoms with van der Waals surface area (Å²) in [7, 11) is 0. The molecule has 1 aromatic carbocycles. The van der Waals surface area contributed by atoms with E-state index in [2.05, 4.69) is 0 Å². The number of aromatic hydroxyl groups is 1. The molecule has 15 heavy (non-hydrogen) atoms. The predicted octanol–water partition coefficient (Wildman–Crippen LogP) is 3.41. The van der Waals surface area contributed by atoms with E-state index in [1.54, 1.807) is 20.8 Å². The molecule has 0 unspecified atom stereocenters. The van der Waals surface area contributed by atoms with Crippen LogP contribution in [0.2, 0.25) is 5.02 Å². The Kier molecular flexibility index (Phi) is 3.05. The molecule has 0 saturated carbocycles. The second kappa shape index (κ2) is 3.81. The largest absolute Gasteiger partial charge is 0.504 e. The molecular formula is C11H12ClFO2. The molecule has 82 valence electrons. The zero-order valence-corrected chi connectivity index (χ0v) is 9.52. The Balaban J connectivity index is 3.24. The number of rotatable bonds is 1. The average molecular weight is 231 g/mol. The fourth-order valence-electron chi connectivity index (χ4n) is 1.13. The molecule has 4 heteroatoms. The Bertz CT molecular complexity index is 385. The number of carbonyl (C=O) groups is 1. The van der Waals surface area contributed by atoms with Gasteiger partial charge in [0.05, 0.1) is 5.02 Å². The Labute approximate surface area is 92.7 Å². The third-order valence-corrected chi connectivity index (χ3v) is 2.25. The van der Waals surface area contributed by atoms with Crippen LogP contribution >= 0.6 is 11.6 Å². The number of halogens is 2. The molecule has 1 rings (SSSR count). The molecule has 0 spiro atoms. The summed E-state index contributed by atoms with van der Waals surface area (Å²) < 4.78 is 13.1. The van der Waals surface area contributed by atoms with Crippen molar-refractivity contribution in [3.63, 3.8) is 0 Å². The third-order valence-electron chi connectivity index (χ3n) is 1.96. The van der Waals surface area contributed by atoms with E-state index in [9.17, 15) is 9.18 Å². The summed E-state index contributed by atoms with van der Waals surface area (Å²) in [4.78, 5) is 11.8. The Hall–Kier alpha value is -1.09. The Morgan fingerprint density at radius 1 is 1.40 bits per heavy atom. The van der Waals surface area contributed by atoms with Gasteiger partial charge >= 0.3 is 0 Å². The quantitative estimate of drug-likeness (QED) is 0.751. The van der Waals surface area contributed by atoms with Gasteiger partial charge in [0.1, 0.15) is 0 Å². The van der Waals surface area contributed by atoms with Crippen molar-refractivity contribution in [2.75, 3.05) is 0 Å². The minimum absolute atomic E-state index is 0.150. The minimum Gasteiger partial charge on any atom is -0.504 e. The summed E-state index contributed by atoms with van der Waals surface area (Å²) in [6.07, 6.45) is 0. The van der Waals surface area contributed by atoms with Crippen LogP contribution in [0.25, 0.3) is 0 Å². The van der Waals surface area contributed by atoms with Crippen LogP contribution in [0.3, 0.4) is 0 Å². The van der Waals surface area contributed by atoms with Gasteiger partial charge in [-0.15, -0.1) is 0 Å². The second-order valence-corrected chi connectivity index (χ2v) is 4.77. The van der Waals surface area contributed by atoms with Gasteiger partial charge in [-0.05, 0) is 12.1 Å². The van der Waals surface area contributed by atoms with E-state index in [1.165, 1.54) is 6.07 Å². The summed E-state index contributed by atoms with van der Waals surface area (Å²) in [5, 5.41) is 8.95. The lowest BCUT2D eigenvalue weighted by atomic mass is 9.86. The SMILES string of the molecule is CC(C)(C)C(=O)c1cc(F)c(O)c(Cl)c1. The zero-order valence-electron chi connectivity index (χ0n) is 8.77. The fourth-order valence-corrected chi connectivity index (χ4v) is 1.34. The zero-order chi connectivity index (χ0) is 11.8. The molecule has 0 heterocycles. The highest BCUT2D eigenvalue weighted by Crippen LogP contribution is 2.30. The van der Waals surface area contributed by atoms with Gasteiger partial charge in [-0.2, -0.15) is 0 Å². The number of benzene rings is 1. The first-order valence-electron chi connectivity index (χ1n) is 4.46. The van der Waals surface area contributed by atoms with Crippen molar-refractivity contribution in [2.45, 2.75) is 20.8 Å². The van der Waals surface area contributed by atoms with E-state index in [0.717, 1.165) is 6.07 Å². The maximum absolute atomic E-state index is 13.1. The number of ketones is 1. The van der Waals surface area contributed by atoms with Gasteiger partial charge < -0.3 is 5.11 Å². The highest BCUT2D eigenvalue weighted by atomic mass is 35.5. The van der Waals surface area contributed by atoms with E-state index in [1.807, 2.05) is 0 Å². The lowest BCUT2D eigenvalue weighted by Crippen LogP contribution is -2.20. The van der Waals surface area contributed by atoms with Crippen LogP contribution < -0.4 is 0 Å². The lowest BCUT2D eigenvalue weighted by molar-refractivity contribution is 0.0858. The molecule has 0 aromatic heterocycles. The first kappa shape index (κ1) is 12.0. The van der Waals surface area contributed by atoms with E-state index in [0.29, 0.717) is 0 Å². The predicted molar refractivity (Wildman–Crippen MR) is 56.9 cm³/mol. The molecule has 0 atom stereocenters. The topological polar surface area (TPSA) is 37.3 Å². The van der Waals surface area contributed by atoms with Crippen molar-refractivity contribution < 1.29 is 14.3 Å². The van der Waals surface area contributed by atoms with Crippen LogP contribution in [0.15, 0.2) is 12.1 Å². The molecule has 0 aliphatic carbocycles. The molecule has 0 saturated heterocycles. The van der Waals surface area contributed by atoms with Crippen LogP contribution in [0.5, 0.6) is 5.75 Å². The fraction of sp³-hybridized carbons (Fsp3) is 0.364. The van der Waals surface area contributed by atoms with Crippen LogP contribution in [0.4, 0.5) is 4.39 Å². The first-order valence-corrected chi connectivity index (χ1v) is 4.84. The summed E-state index contributed by atoms with van der Waals surface area (Å²) in [6.45, 7) is 5.19. The smallest absolute Gasteiger partial charge is 0.170 e. The van der Waals surface area contributed by atoms with E-state index in [-0.39, 0.29) is 16.4 Å². The number of carbonyl (C=O) groups excluding carboxylic acids is 1. The van der Waals surface area contributed by atoms with E-state index >= 15 is 0 Å². The number of phenols is 1.